The molecule has 0 bridgehead atoms. The van der Waals surface area contributed by atoms with Crippen LogP contribution in [0.5, 0.6) is 5.75 Å². The fraction of sp³-hybridized carbons (Fsp3) is 0.458. The van der Waals surface area contributed by atoms with Crippen molar-refractivity contribution < 1.29 is 22.7 Å². The molecule has 1 saturated heterocycles. The van der Waals surface area contributed by atoms with Crippen LogP contribution in [0.1, 0.15) is 38.7 Å². The van der Waals surface area contributed by atoms with Crippen molar-refractivity contribution in [3.05, 3.63) is 48.0 Å². The third-order valence-electron chi connectivity index (χ3n) is 5.85. The first-order chi connectivity index (χ1) is 14.5. The van der Waals surface area contributed by atoms with Gasteiger partial charge in [-0.05, 0) is 56.4 Å². The van der Waals surface area contributed by atoms with Crippen LogP contribution in [0.15, 0.2) is 47.4 Å². The van der Waals surface area contributed by atoms with Gasteiger partial charge in [-0.3, -0.25) is 0 Å². The molecule has 0 unspecified atom stereocenters. The highest BCUT2D eigenvalue weighted by Crippen LogP contribution is 2.45. The normalized spacial score (nSPS) is 21.0. The third kappa shape index (κ3) is 4.56. The lowest BCUT2D eigenvalue weighted by molar-refractivity contribution is 0.0284. The van der Waals surface area contributed by atoms with Crippen molar-refractivity contribution in [3.63, 3.8) is 0 Å². The Hall–Kier alpha value is -2.54. The van der Waals surface area contributed by atoms with Crippen LogP contribution in [0.3, 0.4) is 0 Å². The Morgan fingerprint density at radius 1 is 1.13 bits per heavy atom. The first-order valence-electron chi connectivity index (χ1n) is 10.6. The number of nitrogens with zero attached hydrogens (tertiary/aromatic N) is 1. The molecule has 166 valence electrons. The number of likely N-dealkylation sites (tertiary alicyclic amines) is 1. The molecule has 2 aliphatic heterocycles. The summed E-state index contributed by atoms with van der Waals surface area (Å²) in [5.41, 5.74) is 2.22. The van der Waals surface area contributed by atoms with Gasteiger partial charge in [0.1, 0.15) is 11.4 Å². The van der Waals surface area contributed by atoms with Gasteiger partial charge in [0, 0.05) is 30.8 Å². The van der Waals surface area contributed by atoms with Crippen molar-refractivity contribution in [2.45, 2.75) is 43.6 Å². The largest absolute Gasteiger partial charge is 0.493 e. The molecule has 1 amide bonds. The van der Waals surface area contributed by atoms with E-state index in [1.807, 2.05) is 39.0 Å². The summed E-state index contributed by atoms with van der Waals surface area (Å²) in [6.45, 7) is 7.41. The van der Waals surface area contributed by atoms with Gasteiger partial charge in [0.15, 0.2) is 9.84 Å². The number of carbonyl (C=O) groups excluding carboxylic acids is 1. The molecule has 2 atom stereocenters. The molecule has 0 aliphatic carbocycles. The van der Waals surface area contributed by atoms with Crippen molar-refractivity contribution in [2.75, 3.05) is 26.0 Å². The lowest BCUT2D eigenvalue weighted by Gasteiger charge is -2.25. The zero-order chi connectivity index (χ0) is 22.4. The van der Waals surface area contributed by atoms with E-state index in [2.05, 4.69) is 6.07 Å². The van der Waals surface area contributed by atoms with E-state index >= 15 is 0 Å². The highest BCUT2D eigenvalue weighted by atomic mass is 32.2. The fourth-order valence-corrected chi connectivity index (χ4v) is 5.10. The van der Waals surface area contributed by atoms with Gasteiger partial charge in [0.2, 0.25) is 0 Å². The van der Waals surface area contributed by atoms with E-state index in [1.165, 1.54) is 6.26 Å². The standard InChI is InChI=1S/C24H29NO5S/c1-24(2,3)30-23(26)25-14-17-11-12-29-22-19(9-6-10-20(22)21(17)15-25)16-7-5-8-18(13-16)31(4,27)28/h5-10,13,17,21H,11-12,14-15H2,1-4H3/t17-,21-/m0/s1. The average molecular weight is 444 g/mol. The molecule has 31 heavy (non-hydrogen) atoms. The summed E-state index contributed by atoms with van der Waals surface area (Å²) in [6.07, 6.45) is 1.78. The molecule has 0 N–H and O–H groups in total. The van der Waals surface area contributed by atoms with Gasteiger partial charge in [0.05, 0.1) is 11.5 Å². The average Bonchev–Trinajstić information content (AvgIpc) is 3.03. The Labute approximate surface area is 184 Å². The van der Waals surface area contributed by atoms with E-state index in [4.69, 9.17) is 9.47 Å². The first-order valence-corrected chi connectivity index (χ1v) is 12.5. The summed E-state index contributed by atoms with van der Waals surface area (Å²) >= 11 is 0. The van der Waals surface area contributed by atoms with Gasteiger partial charge in [-0.2, -0.15) is 0 Å². The summed E-state index contributed by atoms with van der Waals surface area (Å²) in [5, 5.41) is 0. The van der Waals surface area contributed by atoms with E-state index in [0.29, 0.717) is 25.6 Å². The molecular formula is C24H29NO5S. The van der Waals surface area contributed by atoms with Gasteiger partial charge in [-0.1, -0.05) is 30.3 Å². The Kier molecular flexibility index (Phi) is 5.50. The van der Waals surface area contributed by atoms with E-state index in [1.54, 1.807) is 23.1 Å². The maximum atomic E-state index is 12.6. The van der Waals surface area contributed by atoms with Crippen LogP contribution in [0.4, 0.5) is 4.79 Å². The number of fused-ring (bicyclic) bond motifs is 3. The van der Waals surface area contributed by atoms with Crippen LogP contribution in [0.25, 0.3) is 11.1 Å². The Balaban J connectivity index is 1.69. The maximum absolute atomic E-state index is 12.6. The van der Waals surface area contributed by atoms with Crippen molar-refractivity contribution in [2.24, 2.45) is 5.92 Å². The smallest absolute Gasteiger partial charge is 0.410 e. The number of para-hydroxylation sites is 1. The predicted octanol–water partition coefficient (Wildman–Crippen LogP) is 4.49. The second-order valence-electron chi connectivity index (χ2n) is 9.41. The summed E-state index contributed by atoms with van der Waals surface area (Å²) in [7, 11) is -3.31. The quantitative estimate of drug-likeness (QED) is 0.684. The Bertz CT molecular complexity index is 1100. The number of ether oxygens (including phenoxy) is 2. The molecule has 0 spiro atoms. The van der Waals surface area contributed by atoms with Gasteiger partial charge < -0.3 is 14.4 Å². The molecule has 0 aromatic heterocycles. The zero-order valence-electron chi connectivity index (χ0n) is 18.4. The number of amides is 1. The zero-order valence-corrected chi connectivity index (χ0v) is 19.2. The summed E-state index contributed by atoms with van der Waals surface area (Å²) in [4.78, 5) is 14.7. The van der Waals surface area contributed by atoms with Crippen molar-refractivity contribution in [1.29, 1.82) is 0 Å². The molecule has 2 aromatic rings. The fourth-order valence-electron chi connectivity index (χ4n) is 4.43. The van der Waals surface area contributed by atoms with Gasteiger partial charge in [0.25, 0.3) is 0 Å². The minimum Gasteiger partial charge on any atom is -0.493 e. The molecule has 4 rings (SSSR count). The number of hydrogen-bond acceptors (Lipinski definition) is 5. The van der Waals surface area contributed by atoms with E-state index < -0.39 is 15.4 Å². The molecule has 1 fully saturated rings. The van der Waals surface area contributed by atoms with E-state index in [0.717, 1.165) is 28.9 Å². The molecule has 2 heterocycles. The lowest BCUT2D eigenvalue weighted by Crippen LogP contribution is -2.35. The molecule has 2 aromatic carbocycles. The number of carbonyl (C=O) groups is 1. The Morgan fingerprint density at radius 2 is 1.87 bits per heavy atom. The van der Waals surface area contributed by atoms with E-state index in [-0.39, 0.29) is 16.9 Å². The second kappa shape index (κ2) is 7.86. The minimum absolute atomic E-state index is 0.156. The van der Waals surface area contributed by atoms with Crippen LogP contribution in [0, 0.1) is 5.92 Å². The van der Waals surface area contributed by atoms with Crippen molar-refractivity contribution in [1.82, 2.24) is 4.90 Å². The molecule has 0 saturated carbocycles. The molecule has 0 radical (unpaired) electrons. The number of hydrogen-bond donors (Lipinski definition) is 0. The van der Waals surface area contributed by atoms with Crippen LogP contribution < -0.4 is 4.74 Å². The number of rotatable bonds is 2. The highest BCUT2D eigenvalue weighted by Gasteiger charge is 2.40. The second-order valence-corrected chi connectivity index (χ2v) is 11.4. The SMILES string of the molecule is CC(C)(C)OC(=O)N1C[C@@H]2CCOc3c(-c4cccc(S(C)(=O)=O)c4)cccc3[C@H]2C1. The molecule has 2 aliphatic rings. The topological polar surface area (TPSA) is 72.9 Å². The summed E-state index contributed by atoms with van der Waals surface area (Å²) < 4.78 is 35.8. The monoisotopic (exact) mass is 443 g/mol. The minimum atomic E-state index is -3.31. The van der Waals surface area contributed by atoms with Crippen LogP contribution in [-0.2, 0) is 14.6 Å². The molecule has 7 heteroatoms. The predicted molar refractivity (Wildman–Crippen MR) is 119 cm³/mol. The highest BCUT2D eigenvalue weighted by molar-refractivity contribution is 7.90. The van der Waals surface area contributed by atoms with Crippen molar-refractivity contribution >= 4 is 15.9 Å². The lowest BCUT2D eigenvalue weighted by atomic mass is 9.86. The first kappa shape index (κ1) is 21.7. The molecular weight excluding hydrogens is 414 g/mol. The van der Waals surface area contributed by atoms with Crippen molar-refractivity contribution in [3.8, 4) is 16.9 Å². The van der Waals surface area contributed by atoms with E-state index in [9.17, 15) is 13.2 Å². The third-order valence-corrected chi connectivity index (χ3v) is 6.96. The Morgan fingerprint density at radius 3 is 2.58 bits per heavy atom. The van der Waals surface area contributed by atoms with Crippen LogP contribution in [-0.4, -0.2) is 51.0 Å². The van der Waals surface area contributed by atoms with Crippen LogP contribution in [0.2, 0.25) is 0 Å². The summed E-state index contributed by atoms with van der Waals surface area (Å²) in [6, 6.07) is 12.9. The van der Waals surface area contributed by atoms with Gasteiger partial charge >= 0.3 is 6.09 Å². The van der Waals surface area contributed by atoms with Gasteiger partial charge in [-0.25, -0.2) is 13.2 Å². The number of benzene rings is 2. The molecule has 6 nitrogen and oxygen atoms in total. The maximum Gasteiger partial charge on any atom is 0.410 e. The van der Waals surface area contributed by atoms with Crippen LogP contribution >= 0.6 is 0 Å². The summed E-state index contributed by atoms with van der Waals surface area (Å²) in [5.74, 6) is 1.24. The number of sulfone groups is 1. The van der Waals surface area contributed by atoms with Gasteiger partial charge in [-0.15, -0.1) is 0 Å².